The number of hydrogen-bond donors (Lipinski definition) is 4. The van der Waals surface area contributed by atoms with Gasteiger partial charge in [0.25, 0.3) is 0 Å². The van der Waals surface area contributed by atoms with Gasteiger partial charge in [-0.1, -0.05) is 12.1 Å². The number of H-pyrrole nitrogens is 1. The maximum absolute atomic E-state index is 5.72. The average Bonchev–Trinajstić information content (AvgIpc) is 3.34. The summed E-state index contributed by atoms with van der Waals surface area (Å²) in [5.74, 6) is 6.63. The maximum atomic E-state index is 5.72. The van der Waals surface area contributed by atoms with E-state index in [0.717, 1.165) is 39.5 Å². The minimum Gasteiger partial charge on any atom is -0.381 e. The van der Waals surface area contributed by atoms with Gasteiger partial charge in [0.1, 0.15) is 5.82 Å². The number of aromatic amines is 1. The maximum Gasteiger partial charge on any atom is 0.104 e. The van der Waals surface area contributed by atoms with Crippen LogP contribution in [0.15, 0.2) is 67.0 Å². The zero-order chi connectivity index (χ0) is 18.6. The van der Waals surface area contributed by atoms with Crippen LogP contribution < -0.4 is 16.6 Å². The van der Waals surface area contributed by atoms with Gasteiger partial charge in [-0.15, -0.1) is 0 Å². The summed E-state index contributed by atoms with van der Waals surface area (Å²) in [4.78, 5) is 7.68. The molecule has 7 heteroatoms. The first kappa shape index (κ1) is 16.9. The van der Waals surface area contributed by atoms with Gasteiger partial charge in [-0.3, -0.25) is 5.84 Å². The summed E-state index contributed by atoms with van der Waals surface area (Å²) in [7, 11) is 0. The molecule has 0 aliphatic heterocycles. The first-order valence-corrected chi connectivity index (χ1v) is 8.70. The molecule has 0 radical (unpaired) electrons. The molecule has 27 heavy (non-hydrogen) atoms. The van der Waals surface area contributed by atoms with Crippen molar-refractivity contribution in [2.45, 2.75) is 6.92 Å². The van der Waals surface area contributed by atoms with E-state index in [9.17, 15) is 0 Å². The zero-order valence-corrected chi connectivity index (χ0v) is 15.0. The molecule has 0 atom stereocenters. The van der Waals surface area contributed by atoms with Gasteiger partial charge in [0.05, 0.1) is 22.4 Å². The van der Waals surface area contributed by atoms with E-state index in [1.807, 2.05) is 72.4 Å². The Morgan fingerprint density at radius 3 is 2.81 bits per heavy atom. The Hall–Kier alpha value is -3.58. The van der Waals surface area contributed by atoms with Gasteiger partial charge in [-0.25, -0.2) is 9.67 Å². The molecule has 0 saturated carbocycles. The van der Waals surface area contributed by atoms with Crippen molar-refractivity contribution in [1.29, 1.82) is 0 Å². The Morgan fingerprint density at radius 1 is 1.22 bits per heavy atom. The molecule has 0 saturated heterocycles. The van der Waals surface area contributed by atoms with Crippen LogP contribution in [-0.2, 0) is 0 Å². The van der Waals surface area contributed by atoms with E-state index in [-0.39, 0.29) is 0 Å². The van der Waals surface area contributed by atoms with E-state index in [2.05, 4.69) is 25.8 Å². The lowest BCUT2D eigenvalue weighted by Crippen LogP contribution is -2.20. The molecule has 0 unspecified atom stereocenters. The van der Waals surface area contributed by atoms with Gasteiger partial charge in [0.2, 0.25) is 0 Å². The van der Waals surface area contributed by atoms with Crippen LogP contribution in [0.3, 0.4) is 0 Å². The average molecular weight is 359 g/mol. The van der Waals surface area contributed by atoms with Crippen LogP contribution in [0.5, 0.6) is 0 Å². The summed E-state index contributed by atoms with van der Waals surface area (Å²) < 4.78 is 1.82. The lowest BCUT2D eigenvalue weighted by atomic mass is 10.1. The van der Waals surface area contributed by atoms with Crippen molar-refractivity contribution >= 4 is 22.4 Å². The molecule has 0 fully saturated rings. The molecular formula is C20H21N7. The minimum atomic E-state index is 0.634. The number of fused-ring (bicyclic) bond motifs is 1. The molecular weight excluding hydrogens is 338 g/mol. The second kappa shape index (κ2) is 7.35. The topological polar surface area (TPSA) is 96.6 Å². The van der Waals surface area contributed by atoms with Crippen molar-refractivity contribution < 1.29 is 0 Å². The highest BCUT2D eigenvalue weighted by atomic mass is 15.3. The van der Waals surface area contributed by atoms with Gasteiger partial charge in [0.15, 0.2) is 0 Å². The summed E-state index contributed by atoms with van der Waals surface area (Å²) in [6.45, 7) is 2.59. The molecule has 0 aliphatic carbocycles. The lowest BCUT2D eigenvalue weighted by Gasteiger charge is -2.10. The van der Waals surface area contributed by atoms with Gasteiger partial charge < -0.3 is 15.7 Å². The van der Waals surface area contributed by atoms with Crippen LogP contribution in [0.25, 0.3) is 22.4 Å². The molecule has 4 aromatic rings. The molecule has 2 heterocycles. The SMILES string of the molecule is Cc1nc2cc(NC/C=C(\NN)c3ccc(-n4cccn4)cc3)ccc2[nH]1. The number of nitrogens with one attached hydrogen (secondary N) is 3. The minimum absolute atomic E-state index is 0.634. The number of benzene rings is 2. The number of hydrogen-bond acceptors (Lipinski definition) is 5. The molecule has 0 bridgehead atoms. The van der Waals surface area contributed by atoms with Gasteiger partial charge in [-0.05, 0) is 55.0 Å². The Labute approximate surface area is 156 Å². The van der Waals surface area contributed by atoms with E-state index in [1.54, 1.807) is 6.20 Å². The Morgan fingerprint density at radius 2 is 2.07 bits per heavy atom. The van der Waals surface area contributed by atoms with Crippen LogP contribution in [-0.4, -0.2) is 26.3 Å². The first-order valence-electron chi connectivity index (χ1n) is 8.70. The molecule has 4 rings (SSSR count). The predicted molar refractivity (Wildman–Crippen MR) is 108 cm³/mol. The summed E-state index contributed by atoms with van der Waals surface area (Å²) in [6, 6.07) is 16.0. The van der Waals surface area contributed by atoms with Crippen LogP contribution in [0.1, 0.15) is 11.4 Å². The number of aryl methyl sites for hydroxylation is 1. The third kappa shape index (κ3) is 3.68. The largest absolute Gasteiger partial charge is 0.381 e. The highest BCUT2D eigenvalue weighted by Crippen LogP contribution is 2.18. The number of aromatic nitrogens is 4. The predicted octanol–water partition coefficient (Wildman–Crippen LogP) is 2.97. The normalized spacial score (nSPS) is 11.7. The second-order valence-corrected chi connectivity index (χ2v) is 6.19. The standard InChI is InChI=1S/C20H21N7/c1-14-24-19-8-5-16(13-20(19)25-14)22-11-9-18(26-21)15-3-6-17(7-4-15)27-12-2-10-23-27/h2-10,12-13,22,26H,11,21H2,1H3,(H,24,25)/b18-9-. The third-order valence-corrected chi connectivity index (χ3v) is 4.32. The van der Waals surface area contributed by atoms with Crippen molar-refractivity contribution in [3.05, 3.63) is 78.4 Å². The zero-order valence-electron chi connectivity index (χ0n) is 15.0. The van der Waals surface area contributed by atoms with Crippen molar-refractivity contribution in [2.24, 2.45) is 5.84 Å². The van der Waals surface area contributed by atoms with Crippen LogP contribution in [0.2, 0.25) is 0 Å². The third-order valence-electron chi connectivity index (χ3n) is 4.32. The van der Waals surface area contributed by atoms with Crippen LogP contribution in [0.4, 0.5) is 5.69 Å². The molecule has 5 N–H and O–H groups in total. The molecule has 7 nitrogen and oxygen atoms in total. The van der Waals surface area contributed by atoms with Crippen LogP contribution >= 0.6 is 0 Å². The van der Waals surface area contributed by atoms with Crippen LogP contribution in [0, 0.1) is 6.92 Å². The number of nitrogens with zero attached hydrogens (tertiary/aromatic N) is 3. The number of anilines is 1. The first-order chi connectivity index (χ1) is 13.2. The molecule has 0 amide bonds. The summed E-state index contributed by atoms with van der Waals surface area (Å²) in [5.41, 5.74) is 8.63. The van der Waals surface area contributed by atoms with Crippen molar-refractivity contribution in [2.75, 3.05) is 11.9 Å². The fraction of sp³-hybridized carbons (Fsp3) is 0.100. The smallest absolute Gasteiger partial charge is 0.104 e. The number of imidazole rings is 1. The number of hydrazine groups is 1. The van der Waals surface area contributed by atoms with E-state index in [0.29, 0.717) is 6.54 Å². The van der Waals surface area contributed by atoms with E-state index >= 15 is 0 Å². The molecule has 2 aromatic heterocycles. The second-order valence-electron chi connectivity index (χ2n) is 6.19. The summed E-state index contributed by atoms with van der Waals surface area (Å²) in [6.07, 6.45) is 5.69. The van der Waals surface area contributed by atoms with E-state index in [1.165, 1.54) is 0 Å². The van der Waals surface area contributed by atoms with Crippen molar-refractivity contribution in [3.8, 4) is 5.69 Å². The molecule has 0 spiro atoms. The number of nitrogens with two attached hydrogens (primary N) is 1. The quantitative estimate of drug-likeness (QED) is 0.313. The monoisotopic (exact) mass is 359 g/mol. The van der Waals surface area contributed by atoms with E-state index in [4.69, 9.17) is 5.84 Å². The Kier molecular flexibility index (Phi) is 4.59. The summed E-state index contributed by atoms with van der Waals surface area (Å²) in [5, 5.41) is 7.61. The van der Waals surface area contributed by atoms with Crippen molar-refractivity contribution in [3.63, 3.8) is 0 Å². The molecule has 0 aliphatic rings. The van der Waals surface area contributed by atoms with Crippen molar-refractivity contribution in [1.82, 2.24) is 25.2 Å². The highest BCUT2D eigenvalue weighted by Gasteiger charge is 2.03. The van der Waals surface area contributed by atoms with E-state index < -0.39 is 0 Å². The van der Waals surface area contributed by atoms with Gasteiger partial charge >= 0.3 is 0 Å². The highest BCUT2D eigenvalue weighted by molar-refractivity contribution is 5.79. The Bertz CT molecular complexity index is 1060. The fourth-order valence-electron chi connectivity index (χ4n) is 2.99. The molecule has 136 valence electrons. The number of rotatable bonds is 6. The summed E-state index contributed by atoms with van der Waals surface area (Å²) >= 11 is 0. The Balaban J connectivity index is 1.45. The lowest BCUT2D eigenvalue weighted by molar-refractivity contribution is 0.880. The van der Waals surface area contributed by atoms with Gasteiger partial charge in [0, 0.05) is 24.6 Å². The van der Waals surface area contributed by atoms with Gasteiger partial charge in [-0.2, -0.15) is 5.10 Å². The fourth-order valence-corrected chi connectivity index (χ4v) is 2.99. The molecule has 2 aromatic carbocycles.